The first kappa shape index (κ1) is 6.59. The zero-order valence-corrected chi connectivity index (χ0v) is 6.27. The van der Waals surface area contributed by atoms with E-state index in [4.69, 9.17) is 0 Å². The molecule has 0 aromatic heterocycles. The topological polar surface area (TPSA) is 24.7 Å². The van der Waals surface area contributed by atoms with E-state index < -0.39 is 0 Å². The fourth-order valence-corrected chi connectivity index (χ4v) is 0.981. The number of rotatable bonds is 1. The molecule has 0 saturated carbocycles. The Labute approximate surface area is 59.1 Å². The minimum atomic E-state index is 0.487. The van der Waals surface area contributed by atoms with Crippen LogP contribution in [-0.4, -0.2) is 11.6 Å². The zero-order valence-electron chi connectivity index (χ0n) is 5.46. The van der Waals surface area contributed by atoms with Crippen molar-refractivity contribution in [1.82, 2.24) is 0 Å². The van der Waals surface area contributed by atoms with Crippen molar-refractivity contribution in [3.63, 3.8) is 0 Å². The van der Waals surface area contributed by atoms with Crippen molar-refractivity contribution < 1.29 is 0 Å². The first-order chi connectivity index (χ1) is 4.30. The predicted octanol–water partition coefficient (Wildman–Crippen LogP) is 1.89. The molecule has 3 heteroatoms. The molecule has 0 aromatic carbocycles. The van der Waals surface area contributed by atoms with Crippen molar-refractivity contribution in [2.75, 3.05) is 0 Å². The summed E-state index contributed by atoms with van der Waals surface area (Å²) in [7, 11) is 0. The number of hydrogen-bond acceptors (Lipinski definition) is 3. The maximum atomic E-state index is 4.08. The summed E-state index contributed by atoms with van der Waals surface area (Å²) in [6.07, 6.45) is 1.82. The Morgan fingerprint density at radius 1 is 1.67 bits per heavy atom. The second-order valence-electron chi connectivity index (χ2n) is 2.12. The lowest BCUT2D eigenvalue weighted by molar-refractivity contribution is 0.893. The average Bonchev–Trinajstić information content (AvgIpc) is 1.90. The third kappa shape index (κ3) is 1.70. The van der Waals surface area contributed by atoms with Crippen LogP contribution in [-0.2, 0) is 0 Å². The summed E-state index contributed by atoms with van der Waals surface area (Å²) in [6, 6.07) is 0. The molecule has 0 atom stereocenters. The van der Waals surface area contributed by atoms with Gasteiger partial charge in [0.25, 0.3) is 0 Å². The molecule has 0 spiro atoms. The second-order valence-corrected chi connectivity index (χ2v) is 2.65. The third-order valence-electron chi connectivity index (χ3n) is 1.04. The standard InChI is InChI=1S/C6H8N2S/c1-5(2)6-3-4-7-9-8-6/h3,5H,1-2H3. The molecule has 0 N–H and O–H groups in total. The second kappa shape index (κ2) is 2.85. The molecule has 0 radical (unpaired) electrons. The van der Waals surface area contributed by atoms with Crippen LogP contribution in [0.1, 0.15) is 13.8 Å². The minimum Gasteiger partial charge on any atom is -0.197 e. The van der Waals surface area contributed by atoms with Crippen LogP contribution >= 0.6 is 12.1 Å². The Morgan fingerprint density at radius 2 is 2.44 bits per heavy atom. The number of hydrogen-bond donors (Lipinski definition) is 0. The van der Waals surface area contributed by atoms with E-state index in [-0.39, 0.29) is 0 Å². The first-order valence-corrected chi connectivity index (χ1v) is 3.56. The van der Waals surface area contributed by atoms with Crippen LogP contribution in [0.15, 0.2) is 14.9 Å². The van der Waals surface area contributed by atoms with Gasteiger partial charge >= 0.3 is 0 Å². The minimum absolute atomic E-state index is 0.487. The van der Waals surface area contributed by atoms with Crippen LogP contribution in [0.3, 0.4) is 0 Å². The molecule has 0 aromatic rings. The molecule has 2 nitrogen and oxygen atoms in total. The summed E-state index contributed by atoms with van der Waals surface area (Å²) >= 11 is 1.20. The van der Waals surface area contributed by atoms with Crippen molar-refractivity contribution in [1.29, 1.82) is 0 Å². The van der Waals surface area contributed by atoms with Gasteiger partial charge in [0.2, 0.25) is 0 Å². The van der Waals surface area contributed by atoms with E-state index in [0.717, 1.165) is 5.71 Å². The van der Waals surface area contributed by atoms with Crippen LogP contribution in [0.25, 0.3) is 0 Å². The highest BCUT2D eigenvalue weighted by atomic mass is 32.2. The lowest BCUT2D eigenvalue weighted by Crippen LogP contribution is -2.03. The van der Waals surface area contributed by atoms with E-state index in [1.54, 1.807) is 0 Å². The Morgan fingerprint density at radius 3 is 2.78 bits per heavy atom. The van der Waals surface area contributed by atoms with E-state index in [0.29, 0.717) is 5.92 Å². The monoisotopic (exact) mass is 140 g/mol. The van der Waals surface area contributed by atoms with Gasteiger partial charge in [-0.1, -0.05) is 13.8 Å². The largest absolute Gasteiger partial charge is 0.197 e. The smallest absolute Gasteiger partial charge is 0.124 e. The van der Waals surface area contributed by atoms with E-state index in [1.807, 2.05) is 6.08 Å². The van der Waals surface area contributed by atoms with Gasteiger partial charge in [-0.3, -0.25) is 0 Å². The van der Waals surface area contributed by atoms with Gasteiger partial charge in [-0.15, -0.1) is 4.40 Å². The quantitative estimate of drug-likeness (QED) is 0.510. The average molecular weight is 140 g/mol. The molecule has 0 unspecified atom stereocenters. The SMILES string of the molecule is CC(C)C1=NSN=C=C1. The van der Waals surface area contributed by atoms with Gasteiger partial charge in [0.1, 0.15) is 12.1 Å². The lowest BCUT2D eigenvalue weighted by atomic mass is 10.1. The van der Waals surface area contributed by atoms with Crippen molar-refractivity contribution in [3.8, 4) is 0 Å². The van der Waals surface area contributed by atoms with E-state index in [2.05, 4.69) is 28.5 Å². The Kier molecular flexibility index (Phi) is 2.09. The van der Waals surface area contributed by atoms with Crippen LogP contribution in [0.5, 0.6) is 0 Å². The van der Waals surface area contributed by atoms with Crippen LogP contribution in [0.4, 0.5) is 0 Å². The normalized spacial score (nSPS) is 16.6. The molecule has 9 heavy (non-hydrogen) atoms. The predicted molar refractivity (Wildman–Crippen MR) is 41.9 cm³/mol. The Bertz CT molecular complexity index is 187. The van der Waals surface area contributed by atoms with Gasteiger partial charge in [-0.2, -0.15) is 4.40 Å². The fourth-order valence-electron chi connectivity index (χ4n) is 0.482. The van der Waals surface area contributed by atoms with Gasteiger partial charge in [-0.05, 0) is 11.8 Å². The highest BCUT2D eigenvalue weighted by Crippen LogP contribution is 2.10. The molecule has 1 heterocycles. The molecule has 0 aliphatic carbocycles. The highest BCUT2D eigenvalue weighted by molar-refractivity contribution is 7.97. The summed E-state index contributed by atoms with van der Waals surface area (Å²) in [6.45, 7) is 4.20. The molecule has 0 amide bonds. The summed E-state index contributed by atoms with van der Waals surface area (Å²) in [5.41, 5.74) is 1.06. The van der Waals surface area contributed by atoms with Crippen LogP contribution in [0.2, 0.25) is 0 Å². The zero-order chi connectivity index (χ0) is 6.69. The van der Waals surface area contributed by atoms with Crippen molar-refractivity contribution >= 4 is 23.7 Å². The van der Waals surface area contributed by atoms with E-state index in [9.17, 15) is 0 Å². The molecule has 0 fully saturated rings. The van der Waals surface area contributed by atoms with Gasteiger partial charge in [0, 0.05) is 6.08 Å². The summed E-state index contributed by atoms with van der Waals surface area (Å²) in [5, 5.41) is 0. The van der Waals surface area contributed by atoms with E-state index >= 15 is 0 Å². The third-order valence-corrected chi connectivity index (χ3v) is 1.52. The molecule has 1 aliphatic heterocycles. The Hall–Kier alpha value is -0.530. The maximum Gasteiger partial charge on any atom is 0.124 e. The number of nitrogens with zero attached hydrogens (tertiary/aromatic N) is 2. The molecule has 48 valence electrons. The summed E-state index contributed by atoms with van der Waals surface area (Å²) < 4.78 is 7.81. The van der Waals surface area contributed by atoms with Crippen molar-refractivity contribution in [3.05, 3.63) is 6.08 Å². The van der Waals surface area contributed by atoms with Gasteiger partial charge in [-0.25, -0.2) is 0 Å². The summed E-state index contributed by atoms with van der Waals surface area (Å²) in [4.78, 5) is 0. The molecular formula is C6H8N2S. The highest BCUT2D eigenvalue weighted by Gasteiger charge is 2.01. The van der Waals surface area contributed by atoms with Gasteiger partial charge in [0.15, 0.2) is 0 Å². The van der Waals surface area contributed by atoms with E-state index in [1.165, 1.54) is 12.1 Å². The maximum absolute atomic E-state index is 4.08. The fraction of sp³-hybridized carbons (Fsp3) is 0.500. The van der Waals surface area contributed by atoms with Gasteiger partial charge < -0.3 is 0 Å². The Balaban J connectivity index is 2.72. The molecular weight excluding hydrogens is 132 g/mol. The number of allylic oxidation sites excluding steroid dienone is 1. The molecule has 1 aliphatic rings. The summed E-state index contributed by atoms with van der Waals surface area (Å²) in [5.74, 6) is 3.23. The van der Waals surface area contributed by atoms with Gasteiger partial charge in [0.05, 0.1) is 5.71 Å². The lowest BCUT2D eigenvalue weighted by Gasteiger charge is -2.02. The van der Waals surface area contributed by atoms with Crippen molar-refractivity contribution in [2.45, 2.75) is 13.8 Å². The first-order valence-electron chi connectivity index (χ1n) is 2.83. The van der Waals surface area contributed by atoms with Crippen molar-refractivity contribution in [2.24, 2.45) is 14.7 Å². The molecule has 0 saturated heterocycles. The molecule has 1 rings (SSSR count). The molecule has 0 bridgehead atoms. The van der Waals surface area contributed by atoms with Crippen LogP contribution in [0, 0.1) is 5.92 Å². The van der Waals surface area contributed by atoms with Crippen LogP contribution < -0.4 is 0 Å².